The van der Waals surface area contributed by atoms with Crippen LogP contribution in [-0.4, -0.2) is 27.9 Å². The van der Waals surface area contributed by atoms with Crippen molar-refractivity contribution in [1.82, 2.24) is 14.9 Å². The summed E-state index contributed by atoms with van der Waals surface area (Å²) in [6, 6.07) is 13.0. The van der Waals surface area contributed by atoms with Crippen LogP contribution in [0.4, 0.5) is 5.69 Å². The van der Waals surface area contributed by atoms with Gasteiger partial charge in [-0.05, 0) is 55.3 Å². The van der Waals surface area contributed by atoms with Gasteiger partial charge in [-0.25, -0.2) is 4.98 Å². The Kier molecular flexibility index (Phi) is 5.94. The number of benzene rings is 2. The molecular formula is C22H23BrN4O2. The average Bonchev–Trinajstić information content (AvgIpc) is 2.88. The quantitative estimate of drug-likeness (QED) is 0.603. The largest absolute Gasteiger partial charge is 0.352 e. The summed E-state index contributed by atoms with van der Waals surface area (Å²) in [5.74, 6) is 0.809. The number of carbonyl (C=O) groups excluding carboxylic acids is 2. The van der Waals surface area contributed by atoms with Crippen LogP contribution in [0.1, 0.15) is 41.9 Å². The highest BCUT2D eigenvalue weighted by atomic mass is 79.9. The fraction of sp³-hybridized carbons (Fsp3) is 0.318. The molecule has 0 fully saturated rings. The Hall–Kier alpha value is -2.67. The number of carbonyl (C=O) groups is 2. The number of nitrogens with one attached hydrogen (secondary N) is 2. The van der Waals surface area contributed by atoms with Crippen LogP contribution >= 0.6 is 15.9 Å². The first-order valence-corrected chi connectivity index (χ1v) is 10.7. The van der Waals surface area contributed by atoms with E-state index < -0.39 is 0 Å². The fourth-order valence-electron chi connectivity index (χ4n) is 3.64. The number of rotatable bonds is 5. The van der Waals surface area contributed by atoms with Crippen LogP contribution in [0.15, 0.2) is 46.9 Å². The maximum Gasteiger partial charge on any atom is 0.251 e. The molecule has 0 bridgehead atoms. The molecule has 0 saturated heterocycles. The van der Waals surface area contributed by atoms with Crippen LogP contribution in [0, 0.1) is 0 Å². The van der Waals surface area contributed by atoms with Crippen LogP contribution in [-0.2, 0) is 17.8 Å². The van der Waals surface area contributed by atoms with Crippen molar-refractivity contribution in [3.63, 3.8) is 0 Å². The van der Waals surface area contributed by atoms with E-state index in [2.05, 4.69) is 31.1 Å². The number of hydrogen-bond donors (Lipinski definition) is 2. The number of anilines is 1. The Morgan fingerprint density at radius 1 is 1.07 bits per heavy atom. The Morgan fingerprint density at radius 2 is 1.90 bits per heavy atom. The number of aryl methyl sites for hydroxylation is 2. The minimum atomic E-state index is -0.189. The third-order valence-electron chi connectivity index (χ3n) is 5.14. The molecule has 4 rings (SSSR count). The van der Waals surface area contributed by atoms with Gasteiger partial charge >= 0.3 is 0 Å². The first kappa shape index (κ1) is 19.6. The van der Waals surface area contributed by atoms with Gasteiger partial charge in [-0.3, -0.25) is 9.59 Å². The molecule has 0 atom stereocenters. The lowest BCUT2D eigenvalue weighted by Gasteiger charge is -2.08. The van der Waals surface area contributed by atoms with Crippen molar-refractivity contribution in [3.8, 4) is 0 Å². The van der Waals surface area contributed by atoms with Gasteiger partial charge in [0.1, 0.15) is 5.82 Å². The molecule has 2 heterocycles. The first-order chi connectivity index (χ1) is 14.1. The summed E-state index contributed by atoms with van der Waals surface area (Å²) < 4.78 is 3.21. The molecule has 29 heavy (non-hydrogen) atoms. The van der Waals surface area contributed by atoms with Gasteiger partial charge in [0.05, 0.1) is 11.0 Å². The van der Waals surface area contributed by atoms with Gasteiger partial charge in [0, 0.05) is 41.7 Å². The number of imidazole rings is 1. The van der Waals surface area contributed by atoms with Crippen molar-refractivity contribution < 1.29 is 9.59 Å². The summed E-state index contributed by atoms with van der Waals surface area (Å²) in [6.45, 7) is 1.29. The Bertz CT molecular complexity index is 1040. The first-order valence-electron chi connectivity index (χ1n) is 9.93. The van der Waals surface area contributed by atoms with Crippen molar-refractivity contribution in [1.29, 1.82) is 0 Å². The van der Waals surface area contributed by atoms with Gasteiger partial charge in [-0.1, -0.05) is 22.4 Å². The molecule has 1 aromatic heterocycles. The topological polar surface area (TPSA) is 76.0 Å². The molecule has 2 aromatic carbocycles. The zero-order valence-corrected chi connectivity index (χ0v) is 17.7. The van der Waals surface area contributed by atoms with Crippen LogP contribution < -0.4 is 10.6 Å². The summed E-state index contributed by atoms with van der Waals surface area (Å²) in [7, 11) is 0. The Labute approximate surface area is 177 Å². The maximum atomic E-state index is 12.3. The molecule has 150 valence electrons. The number of nitrogens with zero attached hydrogens (tertiary/aromatic N) is 2. The summed E-state index contributed by atoms with van der Waals surface area (Å²) in [6.07, 6.45) is 4.83. The number of amides is 2. The Morgan fingerprint density at radius 3 is 2.72 bits per heavy atom. The van der Waals surface area contributed by atoms with Gasteiger partial charge in [0.2, 0.25) is 5.91 Å². The van der Waals surface area contributed by atoms with Crippen molar-refractivity contribution in [2.75, 3.05) is 11.9 Å². The highest BCUT2D eigenvalue weighted by Gasteiger charge is 2.14. The van der Waals surface area contributed by atoms with Gasteiger partial charge in [-0.2, -0.15) is 0 Å². The van der Waals surface area contributed by atoms with Crippen molar-refractivity contribution >= 4 is 44.5 Å². The minimum Gasteiger partial charge on any atom is -0.352 e. The van der Waals surface area contributed by atoms with Gasteiger partial charge in [-0.15, -0.1) is 0 Å². The standard InChI is InChI=1S/C22H23BrN4O2/c23-16-7-5-15(6-8-16)22(29)24-12-11-21(28)25-17-9-10-19-18(14-17)26-20-4-2-1-3-13-27(19)20/h5-10,14H,1-4,11-13H2,(H,24,29)(H,25,28). The molecule has 0 unspecified atom stereocenters. The second-order valence-corrected chi connectivity index (χ2v) is 8.17. The zero-order valence-electron chi connectivity index (χ0n) is 16.1. The third kappa shape index (κ3) is 4.67. The Balaban J connectivity index is 1.33. The number of halogens is 1. The van der Waals surface area contributed by atoms with Crippen LogP contribution in [0.2, 0.25) is 0 Å². The highest BCUT2D eigenvalue weighted by molar-refractivity contribution is 9.10. The summed E-state index contributed by atoms with van der Waals surface area (Å²) in [5.41, 5.74) is 3.35. The molecule has 7 heteroatoms. The smallest absolute Gasteiger partial charge is 0.251 e. The van der Waals surface area contributed by atoms with Gasteiger partial charge in [0.15, 0.2) is 0 Å². The lowest BCUT2D eigenvalue weighted by Crippen LogP contribution is -2.27. The molecule has 2 amide bonds. The molecule has 6 nitrogen and oxygen atoms in total. The zero-order chi connectivity index (χ0) is 20.2. The van der Waals surface area contributed by atoms with E-state index in [1.807, 2.05) is 30.3 Å². The normalized spacial score (nSPS) is 13.6. The molecule has 0 radical (unpaired) electrons. The predicted molar refractivity (Wildman–Crippen MR) is 117 cm³/mol. The van der Waals surface area contributed by atoms with E-state index in [-0.39, 0.29) is 24.8 Å². The molecule has 0 saturated carbocycles. The lowest BCUT2D eigenvalue weighted by atomic mass is 10.2. The van der Waals surface area contributed by atoms with E-state index in [9.17, 15) is 9.59 Å². The third-order valence-corrected chi connectivity index (χ3v) is 5.67. The molecule has 3 aromatic rings. The highest BCUT2D eigenvalue weighted by Crippen LogP contribution is 2.24. The van der Waals surface area contributed by atoms with Crippen molar-refractivity contribution in [2.45, 2.75) is 38.6 Å². The number of aromatic nitrogens is 2. The second kappa shape index (κ2) is 8.78. The summed E-state index contributed by atoms with van der Waals surface area (Å²) >= 11 is 3.34. The van der Waals surface area contributed by atoms with Crippen molar-refractivity contribution in [3.05, 3.63) is 58.3 Å². The van der Waals surface area contributed by atoms with E-state index >= 15 is 0 Å². The van der Waals surface area contributed by atoms with E-state index in [1.165, 1.54) is 19.3 Å². The molecular weight excluding hydrogens is 432 g/mol. The molecule has 1 aliphatic rings. The molecule has 2 N–H and O–H groups in total. The maximum absolute atomic E-state index is 12.3. The molecule has 1 aliphatic heterocycles. The second-order valence-electron chi connectivity index (χ2n) is 7.25. The summed E-state index contributed by atoms with van der Waals surface area (Å²) in [5, 5.41) is 5.67. The van der Waals surface area contributed by atoms with E-state index in [0.717, 1.165) is 40.0 Å². The van der Waals surface area contributed by atoms with Crippen molar-refractivity contribution in [2.24, 2.45) is 0 Å². The minimum absolute atomic E-state index is 0.138. The van der Waals surface area contributed by atoms with E-state index in [4.69, 9.17) is 4.98 Å². The van der Waals surface area contributed by atoms with Crippen LogP contribution in [0.25, 0.3) is 11.0 Å². The van der Waals surface area contributed by atoms with Crippen LogP contribution in [0.5, 0.6) is 0 Å². The number of hydrogen-bond acceptors (Lipinski definition) is 3. The van der Waals surface area contributed by atoms with E-state index in [0.29, 0.717) is 5.56 Å². The predicted octanol–water partition coefficient (Wildman–Crippen LogP) is 4.28. The monoisotopic (exact) mass is 454 g/mol. The van der Waals surface area contributed by atoms with Gasteiger partial charge in [0.25, 0.3) is 5.91 Å². The SMILES string of the molecule is O=C(CCNC(=O)c1ccc(Br)cc1)Nc1ccc2c(c1)nc1n2CCCCC1. The molecule has 0 spiro atoms. The van der Waals surface area contributed by atoms with E-state index in [1.54, 1.807) is 12.1 Å². The molecule has 0 aliphatic carbocycles. The number of fused-ring (bicyclic) bond motifs is 3. The van der Waals surface area contributed by atoms with Crippen LogP contribution in [0.3, 0.4) is 0 Å². The lowest BCUT2D eigenvalue weighted by molar-refractivity contribution is -0.116. The summed E-state index contributed by atoms with van der Waals surface area (Å²) in [4.78, 5) is 29.1. The average molecular weight is 455 g/mol. The fourth-order valence-corrected chi connectivity index (χ4v) is 3.91. The van der Waals surface area contributed by atoms with Gasteiger partial charge < -0.3 is 15.2 Å².